The van der Waals surface area contributed by atoms with Crippen LogP contribution in [0.3, 0.4) is 0 Å². The fraction of sp³-hybridized carbons (Fsp3) is 0.286. The van der Waals surface area contributed by atoms with Crippen LogP contribution in [0.5, 0.6) is 0 Å². The number of H-pyrrole nitrogens is 1. The van der Waals surface area contributed by atoms with Gasteiger partial charge in [-0.1, -0.05) is 18.2 Å². The number of piperidine rings is 1. The summed E-state index contributed by atoms with van der Waals surface area (Å²) in [4.78, 5) is 10.4. The monoisotopic (exact) mass is 330 g/mol. The van der Waals surface area contributed by atoms with E-state index in [9.17, 15) is 0 Å². The highest BCUT2D eigenvalue weighted by atomic mass is 15.1. The molecule has 4 aromatic rings. The first kappa shape index (κ1) is 14.7. The summed E-state index contributed by atoms with van der Waals surface area (Å²) in [5.41, 5.74) is 5.08. The molecule has 0 amide bonds. The molecule has 126 valence electrons. The summed E-state index contributed by atoms with van der Waals surface area (Å²) in [5.74, 6) is 0.567. The highest BCUT2D eigenvalue weighted by Gasteiger charge is 2.23. The highest BCUT2D eigenvalue weighted by molar-refractivity contribution is 5.82. The second-order valence-electron chi connectivity index (χ2n) is 7.04. The van der Waals surface area contributed by atoms with E-state index in [-0.39, 0.29) is 0 Å². The Bertz CT molecular complexity index is 1010. The molecule has 25 heavy (non-hydrogen) atoms. The summed E-state index contributed by atoms with van der Waals surface area (Å²) >= 11 is 0. The van der Waals surface area contributed by atoms with Gasteiger partial charge in [-0.25, -0.2) is 4.98 Å². The van der Waals surface area contributed by atoms with E-state index in [2.05, 4.69) is 67.9 Å². The Kier molecular flexibility index (Phi) is 3.56. The van der Waals surface area contributed by atoms with Gasteiger partial charge in [0.2, 0.25) is 0 Å². The number of nitrogens with zero attached hydrogens (tertiary/aromatic N) is 3. The van der Waals surface area contributed by atoms with Crippen LogP contribution in [0.4, 0.5) is 0 Å². The minimum Gasteiger partial charge on any atom is -0.361 e. The lowest BCUT2D eigenvalue weighted by atomic mass is 9.93. The molecule has 0 bridgehead atoms. The molecular formula is C21H22N4. The molecule has 5 rings (SSSR count). The number of imidazole rings is 1. The SMILES string of the molecule is c1cc(CN2CCCC(c3cccc4nccn34)C2)c2cc[nH]c2c1. The number of fused-ring (bicyclic) bond motifs is 2. The number of likely N-dealkylation sites (tertiary alicyclic amines) is 1. The van der Waals surface area contributed by atoms with E-state index in [1.165, 1.54) is 41.5 Å². The Morgan fingerprint density at radius 2 is 2.08 bits per heavy atom. The zero-order chi connectivity index (χ0) is 16.6. The third kappa shape index (κ3) is 2.63. The Hall–Kier alpha value is -2.59. The lowest BCUT2D eigenvalue weighted by Gasteiger charge is -2.33. The van der Waals surface area contributed by atoms with Gasteiger partial charge in [0.25, 0.3) is 0 Å². The van der Waals surface area contributed by atoms with Crippen molar-refractivity contribution in [2.75, 3.05) is 13.1 Å². The maximum absolute atomic E-state index is 4.44. The number of aromatic amines is 1. The number of rotatable bonds is 3. The Balaban J connectivity index is 1.41. The quantitative estimate of drug-likeness (QED) is 0.611. The molecule has 0 saturated carbocycles. The number of aromatic nitrogens is 3. The maximum Gasteiger partial charge on any atom is 0.136 e. The smallest absolute Gasteiger partial charge is 0.136 e. The van der Waals surface area contributed by atoms with Crippen LogP contribution in [-0.2, 0) is 6.54 Å². The van der Waals surface area contributed by atoms with Crippen LogP contribution in [-0.4, -0.2) is 32.4 Å². The van der Waals surface area contributed by atoms with E-state index in [1.54, 1.807) is 0 Å². The molecule has 1 unspecified atom stereocenters. The van der Waals surface area contributed by atoms with Crippen LogP contribution in [0.2, 0.25) is 0 Å². The predicted molar refractivity (Wildman–Crippen MR) is 101 cm³/mol. The fourth-order valence-corrected chi connectivity index (χ4v) is 4.27. The average molecular weight is 330 g/mol. The van der Waals surface area contributed by atoms with E-state index < -0.39 is 0 Å². The van der Waals surface area contributed by atoms with Gasteiger partial charge in [0.05, 0.1) is 0 Å². The lowest BCUT2D eigenvalue weighted by molar-refractivity contribution is 0.198. The van der Waals surface area contributed by atoms with Gasteiger partial charge >= 0.3 is 0 Å². The maximum atomic E-state index is 4.44. The minimum atomic E-state index is 0.567. The van der Waals surface area contributed by atoms with Crippen molar-refractivity contribution >= 4 is 16.6 Å². The van der Waals surface area contributed by atoms with Gasteiger partial charge < -0.3 is 9.38 Å². The van der Waals surface area contributed by atoms with Crippen molar-refractivity contribution in [1.29, 1.82) is 0 Å². The number of hydrogen-bond donors (Lipinski definition) is 1. The van der Waals surface area contributed by atoms with Crippen molar-refractivity contribution < 1.29 is 0 Å². The number of benzene rings is 1. The van der Waals surface area contributed by atoms with Crippen molar-refractivity contribution in [3.05, 3.63) is 72.3 Å². The largest absolute Gasteiger partial charge is 0.361 e. The Morgan fingerprint density at radius 1 is 1.12 bits per heavy atom. The van der Waals surface area contributed by atoms with E-state index in [4.69, 9.17) is 0 Å². The van der Waals surface area contributed by atoms with Gasteiger partial charge in [-0.2, -0.15) is 0 Å². The normalized spacial score (nSPS) is 19.0. The second kappa shape index (κ2) is 6.05. The average Bonchev–Trinajstić information content (AvgIpc) is 3.31. The first-order valence-corrected chi connectivity index (χ1v) is 9.08. The van der Waals surface area contributed by atoms with Crippen molar-refractivity contribution in [2.24, 2.45) is 0 Å². The van der Waals surface area contributed by atoms with E-state index in [1.807, 2.05) is 12.4 Å². The Morgan fingerprint density at radius 3 is 3.08 bits per heavy atom. The molecule has 1 aliphatic heterocycles. The van der Waals surface area contributed by atoms with Crippen LogP contribution in [0.25, 0.3) is 16.6 Å². The van der Waals surface area contributed by atoms with E-state index in [0.29, 0.717) is 5.92 Å². The van der Waals surface area contributed by atoms with Crippen LogP contribution in [0.1, 0.15) is 30.0 Å². The summed E-state index contributed by atoms with van der Waals surface area (Å²) in [6.07, 6.45) is 8.52. The topological polar surface area (TPSA) is 36.3 Å². The van der Waals surface area contributed by atoms with Gasteiger partial charge in [0.1, 0.15) is 5.65 Å². The second-order valence-corrected chi connectivity index (χ2v) is 7.04. The molecule has 1 aromatic carbocycles. The Labute approximate surface area is 147 Å². The fourth-order valence-electron chi connectivity index (χ4n) is 4.27. The molecule has 1 atom stereocenters. The summed E-state index contributed by atoms with van der Waals surface area (Å²) in [6, 6.07) is 15.2. The molecule has 3 aromatic heterocycles. The summed E-state index contributed by atoms with van der Waals surface area (Å²) in [5, 5.41) is 1.35. The van der Waals surface area contributed by atoms with Crippen LogP contribution < -0.4 is 0 Å². The zero-order valence-electron chi connectivity index (χ0n) is 14.2. The zero-order valence-corrected chi connectivity index (χ0v) is 14.2. The molecular weight excluding hydrogens is 308 g/mol. The van der Waals surface area contributed by atoms with Crippen molar-refractivity contribution in [3.63, 3.8) is 0 Å². The number of nitrogens with one attached hydrogen (secondary N) is 1. The molecule has 4 heteroatoms. The molecule has 1 saturated heterocycles. The summed E-state index contributed by atoms with van der Waals surface area (Å²) in [7, 11) is 0. The molecule has 0 aliphatic carbocycles. The van der Waals surface area contributed by atoms with Gasteiger partial charge in [-0.15, -0.1) is 0 Å². The molecule has 1 fully saturated rings. The molecule has 4 heterocycles. The summed E-state index contributed by atoms with van der Waals surface area (Å²) < 4.78 is 2.25. The van der Waals surface area contributed by atoms with Crippen molar-refractivity contribution in [1.82, 2.24) is 19.3 Å². The third-order valence-electron chi connectivity index (χ3n) is 5.46. The lowest BCUT2D eigenvalue weighted by Crippen LogP contribution is -2.34. The summed E-state index contributed by atoms with van der Waals surface area (Å²) in [6.45, 7) is 3.31. The number of pyridine rings is 1. The first-order valence-electron chi connectivity index (χ1n) is 9.08. The third-order valence-corrected chi connectivity index (χ3v) is 5.46. The van der Waals surface area contributed by atoms with Gasteiger partial charge in [-0.3, -0.25) is 4.90 Å². The standard InChI is InChI=1S/C21H22N4/c1-4-16(18-9-10-22-19(18)6-1)14-24-12-3-5-17(15-24)20-7-2-8-21-23-11-13-25(20)21/h1-2,4,6-11,13,17,22H,3,5,12,14-15H2. The minimum absolute atomic E-state index is 0.567. The molecule has 0 spiro atoms. The van der Waals surface area contributed by atoms with Crippen molar-refractivity contribution in [2.45, 2.75) is 25.3 Å². The predicted octanol–water partition coefficient (Wildman–Crippen LogP) is 4.20. The van der Waals surface area contributed by atoms with Crippen LogP contribution in [0, 0.1) is 0 Å². The van der Waals surface area contributed by atoms with Crippen molar-refractivity contribution in [3.8, 4) is 0 Å². The van der Waals surface area contributed by atoms with Crippen LogP contribution in [0.15, 0.2) is 61.1 Å². The van der Waals surface area contributed by atoms with E-state index >= 15 is 0 Å². The molecule has 1 N–H and O–H groups in total. The van der Waals surface area contributed by atoms with Crippen LogP contribution >= 0.6 is 0 Å². The van der Waals surface area contributed by atoms with E-state index in [0.717, 1.165) is 18.7 Å². The first-order chi connectivity index (χ1) is 12.4. The molecule has 1 aliphatic rings. The van der Waals surface area contributed by atoms with Gasteiger partial charge in [-0.05, 0) is 49.2 Å². The molecule has 4 nitrogen and oxygen atoms in total. The van der Waals surface area contributed by atoms with Gasteiger partial charge in [0, 0.05) is 54.2 Å². The van der Waals surface area contributed by atoms with Gasteiger partial charge in [0.15, 0.2) is 0 Å². The number of hydrogen-bond acceptors (Lipinski definition) is 2. The highest BCUT2D eigenvalue weighted by Crippen LogP contribution is 2.29. The molecule has 0 radical (unpaired) electrons.